The first-order valence-corrected chi connectivity index (χ1v) is 9.31. The van der Waals surface area contributed by atoms with Gasteiger partial charge in [0, 0.05) is 5.41 Å². The molecule has 132 valence electrons. The lowest BCUT2D eigenvalue weighted by atomic mass is 9.48. The average molecular weight is 331 g/mol. The van der Waals surface area contributed by atoms with E-state index in [1.54, 1.807) is 0 Å². The minimum absolute atomic E-state index is 0.0621. The molecule has 3 fully saturated rings. The van der Waals surface area contributed by atoms with Crippen molar-refractivity contribution in [3.05, 3.63) is 11.6 Å². The Morgan fingerprint density at radius 2 is 1.88 bits per heavy atom. The molecule has 4 N–H and O–H groups in total. The topological polar surface area (TPSA) is 91.2 Å². The van der Waals surface area contributed by atoms with Crippen molar-refractivity contribution in [3.8, 4) is 0 Å². The van der Waals surface area contributed by atoms with Crippen molar-refractivity contribution in [1.29, 1.82) is 0 Å². The third kappa shape index (κ3) is 1.97. The van der Waals surface area contributed by atoms with E-state index in [9.17, 15) is 10.3 Å². The molecule has 0 amide bonds. The lowest BCUT2D eigenvalue weighted by molar-refractivity contribution is -0.0197. The van der Waals surface area contributed by atoms with Crippen molar-refractivity contribution in [2.24, 2.45) is 44.7 Å². The highest BCUT2D eigenvalue weighted by molar-refractivity contribution is 6.46. The molecule has 0 saturated heterocycles. The van der Waals surface area contributed by atoms with Gasteiger partial charge in [0.25, 0.3) is 0 Å². The number of hydrogen-bond acceptors (Lipinski definition) is 5. The van der Waals surface area contributed by atoms with Crippen molar-refractivity contribution in [1.82, 2.24) is 0 Å². The summed E-state index contributed by atoms with van der Waals surface area (Å²) in [6, 6.07) is 0. The fourth-order valence-corrected chi connectivity index (χ4v) is 6.58. The summed E-state index contributed by atoms with van der Waals surface area (Å²) in [7, 11) is 0. The molecule has 3 saturated carbocycles. The van der Waals surface area contributed by atoms with Gasteiger partial charge in [-0.15, -0.1) is 0 Å². The third-order valence-electron chi connectivity index (χ3n) is 7.94. The van der Waals surface area contributed by atoms with Gasteiger partial charge in [-0.2, -0.15) is 5.10 Å². The highest BCUT2D eigenvalue weighted by atomic mass is 16.4. The summed E-state index contributed by atoms with van der Waals surface area (Å²) in [4.78, 5) is 0. The molecule has 0 spiro atoms. The predicted molar refractivity (Wildman–Crippen MR) is 93.9 cm³/mol. The van der Waals surface area contributed by atoms with Crippen molar-refractivity contribution in [3.63, 3.8) is 0 Å². The van der Waals surface area contributed by atoms with Gasteiger partial charge in [-0.3, -0.25) is 0 Å². The third-order valence-corrected chi connectivity index (χ3v) is 7.94. The molecule has 0 aromatic carbocycles. The molecule has 4 aliphatic rings. The Hall–Kier alpha value is -1.36. The Balaban J connectivity index is 1.72. The first-order valence-electron chi connectivity index (χ1n) is 9.31. The number of fused-ring (bicyclic) bond motifs is 5. The standard InChI is InChI=1S/C19H29N3O2/c1-18-7-5-12(23)9-11(18)3-4-13-14(18)6-8-19(2)15(13)10-16(22-24)17(19)21-20/h3,12-15,23-24H,4-10,20H2,1-2H3/b21-17+,22-16+/t12-,13?,14?,15?,18-,19-/m0/s1. The molecule has 6 atom stereocenters. The molecular formula is C19H29N3O2. The van der Waals surface area contributed by atoms with E-state index in [0.717, 1.165) is 44.2 Å². The Bertz CT molecular complexity index is 641. The van der Waals surface area contributed by atoms with E-state index < -0.39 is 0 Å². The Morgan fingerprint density at radius 3 is 2.58 bits per heavy atom. The number of allylic oxidation sites excluding steroid dienone is 1. The Kier molecular flexibility index (Phi) is 3.57. The lowest BCUT2D eigenvalue weighted by Crippen LogP contribution is -2.50. The van der Waals surface area contributed by atoms with E-state index in [1.807, 2.05) is 0 Å². The highest BCUT2D eigenvalue weighted by Gasteiger charge is 2.59. The maximum Gasteiger partial charge on any atom is 0.104 e. The molecule has 24 heavy (non-hydrogen) atoms. The molecule has 0 radical (unpaired) electrons. The lowest BCUT2D eigenvalue weighted by Gasteiger charge is -2.56. The summed E-state index contributed by atoms with van der Waals surface area (Å²) in [6.07, 6.45) is 9.17. The molecule has 5 heteroatoms. The number of nitrogens with zero attached hydrogens (tertiary/aromatic N) is 2. The number of rotatable bonds is 0. The van der Waals surface area contributed by atoms with Gasteiger partial charge in [0.05, 0.1) is 11.8 Å². The largest absolute Gasteiger partial charge is 0.411 e. The van der Waals surface area contributed by atoms with Crippen LogP contribution in [0.2, 0.25) is 0 Å². The van der Waals surface area contributed by atoms with Crippen LogP contribution in [0.25, 0.3) is 0 Å². The Labute approximate surface area is 143 Å². The maximum absolute atomic E-state index is 10.1. The van der Waals surface area contributed by atoms with E-state index in [4.69, 9.17) is 5.84 Å². The fraction of sp³-hybridized carbons (Fsp3) is 0.789. The monoisotopic (exact) mass is 331 g/mol. The molecule has 0 aliphatic heterocycles. The zero-order valence-electron chi connectivity index (χ0n) is 14.7. The molecule has 0 aromatic rings. The molecule has 4 rings (SSSR count). The van der Waals surface area contributed by atoms with Crippen LogP contribution in [0, 0.1) is 28.6 Å². The smallest absolute Gasteiger partial charge is 0.104 e. The summed E-state index contributed by atoms with van der Waals surface area (Å²) >= 11 is 0. The van der Waals surface area contributed by atoms with E-state index in [1.165, 1.54) is 12.0 Å². The van der Waals surface area contributed by atoms with Crippen LogP contribution in [0.15, 0.2) is 21.9 Å². The van der Waals surface area contributed by atoms with E-state index in [0.29, 0.717) is 23.5 Å². The van der Waals surface area contributed by atoms with E-state index in [2.05, 4.69) is 30.2 Å². The predicted octanol–water partition coefficient (Wildman–Crippen LogP) is 3.06. The number of nitrogens with two attached hydrogens (primary N) is 1. The van der Waals surface area contributed by atoms with E-state index in [-0.39, 0.29) is 16.9 Å². The number of oxime groups is 1. The van der Waals surface area contributed by atoms with Gasteiger partial charge in [0.1, 0.15) is 5.71 Å². The van der Waals surface area contributed by atoms with Crippen molar-refractivity contribution >= 4 is 11.4 Å². The molecule has 0 heterocycles. The van der Waals surface area contributed by atoms with Crippen LogP contribution < -0.4 is 5.84 Å². The number of hydrogen-bond donors (Lipinski definition) is 3. The summed E-state index contributed by atoms with van der Waals surface area (Å²) in [6.45, 7) is 4.67. The van der Waals surface area contributed by atoms with Crippen LogP contribution in [0.5, 0.6) is 0 Å². The minimum atomic E-state index is -0.162. The number of aliphatic hydroxyl groups is 1. The van der Waals surface area contributed by atoms with Crippen LogP contribution in [0.3, 0.4) is 0 Å². The Morgan fingerprint density at radius 1 is 1.12 bits per heavy atom. The van der Waals surface area contributed by atoms with Gasteiger partial charge in [-0.05, 0) is 68.1 Å². The SMILES string of the molecule is C[C@]12CC[C@H](O)CC1=CCC1C2CC[C@]2(C)C(=N/N)/C(=N/O)CC12. The first kappa shape index (κ1) is 16.1. The van der Waals surface area contributed by atoms with Crippen LogP contribution in [0.1, 0.15) is 58.8 Å². The van der Waals surface area contributed by atoms with Gasteiger partial charge in [0.15, 0.2) is 0 Å². The first-order chi connectivity index (χ1) is 11.4. The summed E-state index contributed by atoms with van der Waals surface area (Å²) in [5.74, 6) is 7.35. The van der Waals surface area contributed by atoms with Crippen LogP contribution in [-0.2, 0) is 0 Å². The summed E-state index contributed by atoms with van der Waals surface area (Å²) in [5, 5.41) is 27.0. The molecule has 5 nitrogen and oxygen atoms in total. The van der Waals surface area contributed by atoms with Crippen molar-refractivity contribution < 1.29 is 10.3 Å². The van der Waals surface area contributed by atoms with Crippen LogP contribution in [-0.4, -0.2) is 27.8 Å². The molecule has 0 aromatic heterocycles. The normalized spacial score (nSPS) is 51.0. The summed E-state index contributed by atoms with van der Waals surface area (Å²) in [5.41, 5.74) is 3.14. The van der Waals surface area contributed by atoms with Crippen molar-refractivity contribution in [2.45, 2.75) is 64.9 Å². The highest BCUT2D eigenvalue weighted by Crippen LogP contribution is 2.63. The van der Waals surface area contributed by atoms with E-state index >= 15 is 0 Å². The quantitative estimate of drug-likeness (QED) is 0.276. The average Bonchev–Trinajstić information content (AvgIpc) is 2.87. The van der Waals surface area contributed by atoms with Crippen LogP contribution >= 0.6 is 0 Å². The minimum Gasteiger partial charge on any atom is -0.411 e. The molecule has 0 bridgehead atoms. The second kappa shape index (κ2) is 5.32. The van der Waals surface area contributed by atoms with Crippen LogP contribution in [0.4, 0.5) is 0 Å². The van der Waals surface area contributed by atoms with Gasteiger partial charge in [0.2, 0.25) is 0 Å². The zero-order chi connectivity index (χ0) is 17.1. The van der Waals surface area contributed by atoms with Crippen molar-refractivity contribution in [2.75, 3.05) is 0 Å². The number of hydrazone groups is 1. The summed E-state index contributed by atoms with van der Waals surface area (Å²) < 4.78 is 0. The van der Waals surface area contributed by atoms with Gasteiger partial charge >= 0.3 is 0 Å². The zero-order valence-corrected chi connectivity index (χ0v) is 14.7. The molecule has 4 aliphatic carbocycles. The second-order valence-electron chi connectivity index (χ2n) is 8.84. The fourth-order valence-electron chi connectivity index (χ4n) is 6.58. The van der Waals surface area contributed by atoms with Gasteiger partial charge in [-0.1, -0.05) is 30.7 Å². The molecule has 3 unspecified atom stereocenters. The second-order valence-corrected chi connectivity index (χ2v) is 8.84. The molecular weight excluding hydrogens is 302 g/mol. The van der Waals surface area contributed by atoms with Gasteiger partial charge in [-0.25, -0.2) is 0 Å². The number of aliphatic hydroxyl groups excluding tert-OH is 1. The maximum atomic E-state index is 10.1. The van der Waals surface area contributed by atoms with Gasteiger partial charge < -0.3 is 16.2 Å².